The Morgan fingerprint density at radius 3 is 2.20 bits per heavy atom. The lowest BCUT2D eigenvalue weighted by molar-refractivity contribution is -0.143. The largest absolute Gasteiger partial charge is 0.496 e. The number of methoxy groups -OCH3 is 2. The van der Waals surface area contributed by atoms with Crippen LogP contribution in [0.5, 0.6) is 5.75 Å². The van der Waals surface area contributed by atoms with Gasteiger partial charge < -0.3 is 19.1 Å². The molecule has 3 heterocycles. The van der Waals surface area contributed by atoms with Crippen molar-refractivity contribution >= 4 is 17.9 Å². The van der Waals surface area contributed by atoms with Crippen LogP contribution in [-0.2, 0) is 39.6 Å². The molecule has 0 N–H and O–H groups in total. The van der Waals surface area contributed by atoms with Gasteiger partial charge in [-0.1, -0.05) is 6.07 Å². The minimum absolute atomic E-state index is 0.0186. The van der Waals surface area contributed by atoms with E-state index in [1.807, 2.05) is 17.9 Å². The Kier molecular flexibility index (Phi) is 8.84. The number of alkyl halides is 6. The van der Waals surface area contributed by atoms with Crippen molar-refractivity contribution in [2.45, 2.75) is 57.7 Å². The fraction of sp³-hybridized carbons (Fsp3) is 0.406. The summed E-state index contributed by atoms with van der Waals surface area (Å²) in [5.41, 5.74) is -0.470. The van der Waals surface area contributed by atoms with E-state index in [0.29, 0.717) is 46.1 Å². The van der Waals surface area contributed by atoms with Gasteiger partial charge in [0, 0.05) is 24.2 Å². The number of pyridine rings is 1. The Bertz CT molecular complexity index is 1620. The lowest BCUT2D eigenvalue weighted by atomic mass is 9.94. The van der Waals surface area contributed by atoms with Crippen LogP contribution in [0.15, 0.2) is 42.5 Å². The Labute approximate surface area is 260 Å². The van der Waals surface area contributed by atoms with Gasteiger partial charge in [-0.25, -0.2) is 9.78 Å². The van der Waals surface area contributed by atoms with E-state index in [0.717, 1.165) is 25.1 Å². The van der Waals surface area contributed by atoms with E-state index in [4.69, 9.17) is 19.2 Å². The zero-order chi connectivity index (χ0) is 33.6. The van der Waals surface area contributed by atoms with Crippen LogP contribution < -0.4 is 9.64 Å². The summed E-state index contributed by atoms with van der Waals surface area (Å²) >= 11 is 0. The molecule has 5 rings (SSSR count). The maximum atomic E-state index is 13.6. The summed E-state index contributed by atoms with van der Waals surface area (Å²) in [6, 6.07) is 7.26. The van der Waals surface area contributed by atoms with Crippen LogP contribution in [0, 0.1) is 6.92 Å². The van der Waals surface area contributed by atoms with Gasteiger partial charge in [0.25, 0.3) is 0 Å². The number of nitrogens with zero attached hydrogens (tertiary/aromatic N) is 3. The van der Waals surface area contributed by atoms with Crippen molar-refractivity contribution in [3.05, 3.63) is 76.0 Å². The van der Waals surface area contributed by atoms with Crippen LogP contribution in [0.25, 0.3) is 11.1 Å². The maximum Gasteiger partial charge on any atom is 0.416 e. The van der Waals surface area contributed by atoms with Gasteiger partial charge in [-0.15, -0.1) is 0 Å². The summed E-state index contributed by atoms with van der Waals surface area (Å²) in [5.74, 6) is 0.647. The quantitative estimate of drug-likeness (QED) is 0.190. The third-order valence-corrected chi connectivity index (χ3v) is 8.22. The molecular formula is C32H31F6N3O5. The number of ether oxygens (including phenoxy) is 3. The van der Waals surface area contributed by atoms with E-state index in [1.165, 1.54) is 26.0 Å². The van der Waals surface area contributed by atoms with E-state index < -0.39 is 53.3 Å². The van der Waals surface area contributed by atoms with Crippen molar-refractivity contribution in [1.29, 1.82) is 0 Å². The minimum atomic E-state index is -5.06. The lowest BCUT2D eigenvalue weighted by Gasteiger charge is -2.33. The molecule has 1 aromatic heterocycles. The number of hydrogen-bond acceptors (Lipinski definition) is 7. The number of benzene rings is 2. The number of rotatable bonds is 8. The van der Waals surface area contributed by atoms with E-state index in [2.05, 4.69) is 0 Å². The van der Waals surface area contributed by atoms with Crippen molar-refractivity contribution in [2.75, 3.05) is 32.2 Å². The van der Waals surface area contributed by atoms with Crippen molar-refractivity contribution in [1.82, 2.24) is 9.88 Å². The molecule has 2 aromatic carbocycles. The first-order valence-corrected chi connectivity index (χ1v) is 14.4. The molecule has 0 saturated carbocycles. The number of anilines is 1. The Balaban J connectivity index is 1.57. The van der Waals surface area contributed by atoms with E-state index in [9.17, 15) is 35.9 Å². The molecule has 2 saturated heterocycles. The molecule has 0 bridgehead atoms. The smallest absolute Gasteiger partial charge is 0.416 e. The first kappa shape index (κ1) is 32.9. The molecule has 8 nitrogen and oxygen atoms in total. The molecule has 2 fully saturated rings. The van der Waals surface area contributed by atoms with Crippen molar-refractivity contribution in [3.8, 4) is 16.9 Å². The number of halogens is 6. The molecule has 3 aromatic rings. The van der Waals surface area contributed by atoms with E-state index in [-0.39, 0.29) is 19.0 Å². The van der Waals surface area contributed by atoms with Crippen LogP contribution in [0.3, 0.4) is 0 Å². The highest BCUT2D eigenvalue weighted by atomic mass is 19.4. The maximum absolute atomic E-state index is 13.6. The highest BCUT2D eigenvalue weighted by molar-refractivity contribution is 5.80. The molecule has 0 spiro atoms. The van der Waals surface area contributed by atoms with E-state index in [1.54, 1.807) is 18.2 Å². The lowest BCUT2D eigenvalue weighted by Crippen LogP contribution is -2.38. The van der Waals surface area contributed by atoms with Crippen molar-refractivity contribution in [2.24, 2.45) is 0 Å². The first-order valence-electron chi connectivity index (χ1n) is 14.4. The van der Waals surface area contributed by atoms with Crippen LogP contribution in [-0.4, -0.2) is 55.3 Å². The summed E-state index contributed by atoms with van der Waals surface area (Å²) in [4.78, 5) is 33.4. The number of aromatic nitrogens is 1. The number of esters is 1. The van der Waals surface area contributed by atoms with Gasteiger partial charge in [0.05, 0.1) is 50.0 Å². The second-order valence-corrected chi connectivity index (χ2v) is 11.3. The molecule has 0 aliphatic carbocycles. The first-order chi connectivity index (χ1) is 21.6. The predicted molar refractivity (Wildman–Crippen MR) is 154 cm³/mol. The molecule has 2 aliphatic heterocycles. The summed E-state index contributed by atoms with van der Waals surface area (Å²) in [5, 5.41) is 0. The topological polar surface area (TPSA) is 81.2 Å². The van der Waals surface area contributed by atoms with Gasteiger partial charge in [0.1, 0.15) is 17.7 Å². The molecule has 2 aliphatic rings. The average molecular weight is 652 g/mol. The highest BCUT2D eigenvalue weighted by Crippen LogP contribution is 2.43. The zero-order valence-corrected chi connectivity index (χ0v) is 25.4. The minimum Gasteiger partial charge on any atom is -0.496 e. The normalized spacial score (nSPS) is 18.3. The predicted octanol–water partition coefficient (Wildman–Crippen LogP) is 7.11. The third-order valence-electron chi connectivity index (χ3n) is 8.22. The molecule has 0 radical (unpaired) electrons. The summed E-state index contributed by atoms with van der Waals surface area (Å²) in [7, 11) is 2.75. The Morgan fingerprint density at radius 1 is 1.00 bits per heavy atom. The van der Waals surface area contributed by atoms with Gasteiger partial charge in [-0.05, 0) is 73.4 Å². The van der Waals surface area contributed by atoms with Crippen molar-refractivity contribution in [3.63, 3.8) is 0 Å². The Morgan fingerprint density at radius 2 is 1.65 bits per heavy atom. The second kappa shape index (κ2) is 12.4. The molecule has 2 unspecified atom stereocenters. The summed E-state index contributed by atoms with van der Waals surface area (Å²) < 4.78 is 97.4. The SMILES string of the molecule is COC(=O)Cc1ccc(OC)c(-c2c(C)cc(N3CCC3)nc2CN2C(=O)OC(c3cc(C(F)(F)F)cc(C(F)(F)F)c3)C2C)c1. The number of cyclic esters (lactones) is 1. The number of carbonyl (C=O) groups is 2. The number of carbonyl (C=O) groups excluding carboxylic acids is 2. The van der Waals surface area contributed by atoms with Gasteiger partial charge in [-0.2, -0.15) is 26.3 Å². The van der Waals surface area contributed by atoms with Gasteiger partial charge in [-0.3, -0.25) is 9.69 Å². The average Bonchev–Trinajstić information content (AvgIpc) is 3.23. The molecular weight excluding hydrogens is 620 g/mol. The van der Waals surface area contributed by atoms with Crippen LogP contribution in [0.2, 0.25) is 0 Å². The zero-order valence-electron chi connectivity index (χ0n) is 25.4. The monoisotopic (exact) mass is 651 g/mol. The standard InChI is InChI=1S/C32H31F6N3O5/c1-17-10-26(40-8-5-9-40)39-24(28(17)23-11-19(12-27(42)45-4)6-7-25(23)44-3)16-41-18(2)29(46-30(41)43)20-13-21(31(33,34)35)15-22(14-20)32(36,37)38/h6-7,10-11,13-15,18,29H,5,8-9,12,16H2,1-4H3. The number of amides is 1. The Hall–Kier alpha value is -4.49. The molecule has 1 amide bonds. The van der Waals surface area contributed by atoms with Crippen molar-refractivity contribution < 1.29 is 50.1 Å². The van der Waals surface area contributed by atoms with Gasteiger partial charge in [0.15, 0.2) is 0 Å². The summed E-state index contributed by atoms with van der Waals surface area (Å²) in [6.45, 7) is 4.71. The number of hydrogen-bond donors (Lipinski definition) is 0. The fourth-order valence-corrected chi connectivity index (χ4v) is 5.67. The molecule has 46 heavy (non-hydrogen) atoms. The molecule has 246 valence electrons. The highest BCUT2D eigenvalue weighted by Gasteiger charge is 2.44. The molecule has 2 atom stereocenters. The van der Waals surface area contributed by atoms with Gasteiger partial charge >= 0.3 is 24.4 Å². The molecule has 14 heteroatoms. The van der Waals surface area contributed by atoms with E-state index >= 15 is 0 Å². The third kappa shape index (κ3) is 6.56. The van der Waals surface area contributed by atoms with Crippen LogP contribution in [0.4, 0.5) is 37.0 Å². The number of aryl methyl sites for hydroxylation is 1. The fourth-order valence-electron chi connectivity index (χ4n) is 5.67. The van der Waals surface area contributed by atoms with Gasteiger partial charge in [0.2, 0.25) is 0 Å². The van der Waals surface area contributed by atoms with Crippen LogP contribution >= 0.6 is 0 Å². The second-order valence-electron chi connectivity index (χ2n) is 11.3. The summed E-state index contributed by atoms with van der Waals surface area (Å²) in [6.07, 6.45) is -11.5. The van der Waals surface area contributed by atoms with Crippen LogP contribution in [0.1, 0.15) is 53.0 Å².